The molecule has 3 nitrogen and oxygen atoms in total. The maximum Gasteiger partial charge on any atom is 0.153 e. The van der Waals surface area contributed by atoms with Crippen LogP contribution in [0.5, 0.6) is 11.5 Å². The van der Waals surface area contributed by atoms with E-state index in [4.69, 9.17) is 4.74 Å². The lowest BCUT2D eigenvalue weighted by atomic mass is 9.72. The number of ether oxygens (including phenoxy) is 1. The smallest absolute Gasteiger partial charge is 0.153 e. The number of fused-ring (bicyclic) bond motifs is 7. The molecule has 0 atom stereocenters. The van der Waals surface area contributed by atoms with Crippen LogP contribution in [0.2, 0.25) is 0 Å². The predicted octanol–water partition coefficient (Wildman–Crippen LogP) is 13.7. The highest BCUT2D eigenvalue weighted by molar-refractivity contribution is 5.97. The number of hydrogen-bond acceptors (Lipinski definition) is 3. The molecule has 7 aromatic rings. The van der Waals surface area contributed by atoms with Gasteiger partial charge in [0.15, 0.2) is 11.5 Å². The molecule has 7 aromatic carbocycles. The minimum Gasteiger partial charge on any atom is -0.453 e. The molecule has 0 N–H and O–H groups in total. The zero-order chi connectivity index (χ0) is 35.4. The molecule has 0 fully saturated rings. The van der Waals surface area contributed by atoms with Crippen LogP contribution < -0.4 is 14.5 Å². The second kappa shape index (κ2) is 11.0. The van der Waals surface area contributed by atoms with Crippen LogP contribution in [0.15, 0.2) is 152 Å². The first kappa shape index (κ1) is 30.7. The van der Waals surface area contributed by atoms with Gasteiger partial charge in [0.2, 0.25) is 0 Å². The monoisotopic (exact) mass is 672 g/mol. The first-order valence-electron chi connectivity index (χ1n) is 18.3. The predicted molar refractivity (Wildman–Crippen MR) is 216 cm³/mol. The SMILES string of the molecule is Cc1cc(-c2ccccc2)cc2c1N1c3ccccc3C(C)(C)c3cc(N(c4ccccc4)c4ccc5c(c4)C(C)(C)c4ccccc4-5)cc(c31)O2. The van der Waals surface area contributed by atoms with E-state index in [1.807, 2.05) is 0 Å². The molecule has 0 aromatic heterocycles. The highest BCUT2D eigenvalue weighted by atomic mass is 16.5. The third-order valence-electron chi connectivity index (χ3n) is 11.7. The number of para-hydroxylation sites is 2. The topological polar surface area (TPSA) is 15.7 Å². The third kappa shape index (κ3) is 4.32. The molecule has 0 unspecified atom stereocenters. The molecule has 1 aliphatic carbocycles. The van der Waals surface area contributed by atoms with Crippen LogP contribution in [0.1, 0.15) is 55.5 Å². The highest BCUT2D eigenvalue weighted by Gasteiger charge is 2.43. The van der Waals surface area contributed by atoms with Crippen molar-refractivity contribution in [3.05, 3.63) is 179 Å². The van der Waals surface area contributed by atoms with Crippen molar-refractivity contribution < 1.29 is 4.74 Å². The Labute approximate surface area is 306 Å². The van der Waals surface area contributed by atoms with E-state index in [0.717, 1.165) is 45.5 Å². The van der Waals surface area contributed by atoms with Crippen molar-refractivity contribution in [3.8, 4) is 33.8 Å². The maximum atomic E-state index is 7.12. The number of rotatable bonds is 4. The summed E-state index contributed by atoms with van der Waals surface area (Å²) in [5, 5.41) is 0. The lowest BCUT2D eigenvalue weighted by Gasteiger charge is -2.46. The van der Waals surface area contributed by atoms with Gasteiger partial charge in [-0.25, -0.2) is 0 Å². The van der Waals surface area contributed by atoms with Gasteiger partial charge in [0.25, 0.3) is 0 Å². The van der Waals surface area contributed by atoms with Crippen LogP contribution in [-0.2, 0) is 10.8 Å². The summed E-state index contributed by atoms with van der Waals surface area (Å²) in [6, 6.07) is 55.3. The summed E-state index contributed by atoms with van der Waals surface area (Å²) in [6.07, 6.45) is 0. The lowest BCUT2D eigenvalue weighted by Crippen LogP contribution is -2.33. The summed E-state index contributed by atoms with van der Waals surface area (Å²) in [5.74, 6) is 1.73. The molecule has 0 saturated heterocycles. The van der Waals surface area contributed by atoms with Crippen molar-refractivity contribution >= 4 is 34.1 Å². The van der Waals surface area contributed by atoms with Gasteiger partial charge >= 0.3 is 0 Å². The molecule has 0 spiro atoms. The van der Waals surface area contributed by atoms with Crippen LogP contribution >= 0.6 is 0 Å². The number of nitrogens with zero attached hydrogens (tertiary/aromatic N) is 2. The summed E-state index contributed by atoms with van der Waals surface area (Å²) < 4.78 is 7.12. The fourth-order valence-corrected chi connectivity index (χ4v) is 9.09. The molecule has 52 heavy (non-hydrogen) atoms. The first-order chi connectivity index (χ1) is 25.2. The molecule has 0 saturated carbocycles. The van der Waals surface area contributed by atoms with Crippen molar-refractivity contribution in [1.29, 1.82) is 0 Å². The second-order valence-electron chi connectivity index (χ2n) is 15.5. The Bertz CT molecular complexity index is 2570. The molecule has 0 amide bonds. The molecule has 2 heterocycles. The van der Waals surface area contributed by atoms with Crippen molar-refractivity contribution in [1.82, 2.24) is 0 Å². The van der Waals surface area contributed by atoms with Crippen LogP contribution in [0.25, 0.3) is 22.3 Å². The Morgan fingerprint density at radius 2 is 1.08 bits per heavy atom. The van der Waals surface area contributed by atoms with Crippen LogP contribution in [0.3, 0.4) is 0 Å². The van der Waals surface area contributed by atoms with Crippen LogP contribution in [0.4, 0.5) is 34.1 Å². The van der Waals surface area contributed by atoms with E-state index in [1.165, 1.54) is 50.2 Å². The van der Waals surface area contributed by atoms with Crippen molar-refractivity contribution in [2.45, 2.75) is 45.4 Å². The molecule has 0 bridgehead atoms. The second-order valence-corrected chi connectivity index (χ2v) is 15.5. The molecular formula is C49H40N2O. The first-order valence-corrected chi connectivity index (χ1v) is 18.3. The van der Waals surface area contributed by atoms with Gasteiger partial charge in [0, 0.05) is 28.3 Å². The maximum absolute atomic E-state index is 7.12. The zero-order valence-corrected chi connectivity index (χ0v) is 30.2. The van der Waals surface area contributed by atoms with Gasteiger partial charge < -0.3 is 14.5 Å². The van der Waals surface area contributed by atoms with Crippen LogP contribution in [0, 0.1) is 6.92 Å². The Morgan fingerprint density at radius 3 is 1.87 bits per heavy atom. The number of hydrogen-bond donors (Lipinski definition) is 0. The Morgan fingerprint density at radius 1 is 0.462 bits per heavy atom. The average Bonchev–Trinajstić information content (AvgIpc) is 3.39. The fourth-order valence-electron chi connectivity index (χ4n) is 9.09. The van der Waals surface area contributed by atoms with Gasteiger partial charge in [-0.05, 0) is 106 Å². The third-order valence-corrected chi connectivity index (χ3v) is 11.7. The molecule has 3 aliphatic rings. The van der Waals surface area contributed by atoms with Gasteiger partial charge in [-0.2, -0.15) is 0 Å². The lowest BCUT2D eigenvalue weighted by molar-refractivity contribution is 0.471. The Kier molecular flexibility index (Phi) is 6.48. The molecule has 0 radical (unpaired) electrons. The van der Waals surface area contributed by atoms with E-state index in [1.54, 1.807) is 0 Å². The van der Waals surface area contributed by atoms with Crippen molar-refractivity contribution in [2.24, 2.45) is 0 Å². The fraction of sp³-hybridized carbons (Fsp3) is 0.143. The number of aryl methyl sites for hydroxylation is 1. The van der Waals surface area contributed by atoms with E-state index < -0.39 is 0 Å². The van der Waals surface area contributed by atoms with Crippen molar-refractivity contribution in [2.75, 3.05) is 9.80 Å². The van der Waals surface area contributed by atoms with Crippen LogP contribution in [-0.4, -0.2) is 0 Å². The zero-order valence-electron chi connectivity index (χ0n) is 30.2. The quantitative estimate of drug-likeness (QED) is 0.185. The van der Waals surface area contributed by atoms with Gasteiger partial charge in [-0.15, -0.1) is 0 Å². The summed E-state index contributed by atoms with van der Waals surface area (Å²) in [5.41, 5.74) is 17.7. The minimum absolute atomic E-state index is 0.112. The van der Waals surface area contributed by atoms with Gasteiger partial charge in [0.1, 0.15) is 0 Å². The molecule has 10 rings (SSSR count). The summed E-state index contributed by atoms with van der Waals surface area (Å²) in [7, 11) is 0. The molecule has 3 heteroatoms. The summed E-state index contributed by atoms with van der Waals surface area (Å²) in [4.78, 5) is 4.86. The minimum atomic E-state index is -0.282. The Balaban J connectivity index is 1.21. The van der Waals surface area contributed by atoms with Gasteiger partial charge in [-0.1, -0.05) is 125 Å². The van der Waals surface area contributed by atoms with Crippen molar-refractivity contribution in [3.63, 3.8) is 0 Å². The summed E-state index contributed by atoms with van der Waals surface area (Å²) in [6.45, 7) is 11.6. The van der Waals surface area contributed by atoms with E-state index >= 15 is 0 Å². The van der Waals surface area contributed by atoms with Gasteiger partial charge in [-0.3, -0.25) is 0 Å². The normalized spacial score (nSPS) is 15.1. The Hall–Kier alpha value is -6.06. The van der Waals surface area contributed by atoms with E-state index in [9.17, 15) is 0 Å². The van der Waals surface area contributed by atoms with Gasteiger partial charge in [0.05, 0.1) is 22.7 Å². The number of anilines is 6. The van der Waals surface area contributed by atoms with E-state index in [0.29, 0.717) is 0 Å². The standard InChI is InChI=1S/C49H40N2O/c1-31-26-33(32-16-8-6-9-17-32)27-44-46(31)51-43-23-15-14-22-40(43)49(4,5)42-29-36(30-45(52-44)47(42)51)50(34-18-10-7-11-19-34)35-24-25-38-37-20-12-13-21-39(37)48(2,3)41(38)28-35/h6-30H,1-5H3. The average molecular weight is 673 g/mol. The van der Waals surface area contributed by atoms with E-state index in [-0.39, 0.29) is 10.8 Å². The summed E-state index contributed by atoms with van der Waals surface area (Å²) >= 11 is 0. The number of benzene rings is 7. The largest absolute Gasteiger partial charge is 0.453 e. The molecular weight excluding hydrogens is 633 g/mol. The molecule has 2 aliphatic heterocycles. The highest BCUT2D eigenvalue weighted by Crippen LogP contribution is 2.62. The van der Waals surface area contributed by atoms with E-state index in [2.05, 4.69) is 196 Å². The molecule has 252 valence electrons.